The molecule has 0 aliphatic carbocycles. The standard InChI is InChI=1S/C13H26N2OS/c1-4-12(10-17-3)14-11(2)13(16)15-8-6-5-7-9-15/h11-12,14H,4-10H2,1-3H3. The smallest absolute Gasteiger partial charge is 0.239 e. The first kappa shape index (κ1) is 14.8. The summed E-state index contributed by atoms with van der Waals surface area (Å²) >= 11 is 1.84. The van der Waals surface area contributed by atoms with E-state index < -0.39 is 0 Å². The number of nitrogens with zero attached hydrogens (tertiary/aromatic N) is 1. The molecule has 0 radical (unpaired) electrons. The largest absolute Gasteiger partial charge is 0.341 e. The molecule has 1 saturated heterocycles. The van der Waals surface area contributed by atoms with Gasteiger partial charge in [0.1, 0.15) is 0 Å². The van der Waals surface area contributed by atoms with Gasteiger partial charge in [0.25, 0.3) is 0 Å². The lowest BCUT2D eigenvalue weighted by molar-refractivity contribution is -0.134. The maximum absolute atomic E-state index is 12.2. The number of hydrogen-bond donors (Lipinski definition) is 1. The molecule has 2 atom stereocenters. The molecule has 1 rings (SSSR count). The zero-order valence-electron chi connectivity index (χ0n) is 11.4. The van der Waals surface area contributed by atoms with E-state index in [2.05, 4.69) is 18.5 Å². The first-order chi connectivity index (χ1) is 8.19. The number of piperidine rings is 1. The van der Waals surface area contributed by atoms with E-state index in [9.17, 15) is 4.79 Å². The predicted molar refractivity (Wildman–Crippen MR) is 75.5 cm³/mol. The van der Waals surface area contributed by atoms with Gasteiger partial charge in [0.05, 0.1) is 6.04 Å². The first-order valence-electron chi connectivity index (χ1n) is 6.72. The normalized spacial score (nSPS) is 20.1. The Labute approximate surface area is 110 Å². The minimum absolute atomic E-state index is 0.0369. The summed E-state index contributed by atoms with van der Waals surface area (Å²) in [4.78, 5) is 14.2. The molecule has 0 aromatic heterocycles. The van der Waals surface area contributed by atoms with E-state index in [1.165, 1.54) is 19.3 Å². The van der Waals surface area contributed by atoms with Crippen molar-refractivity contribution in [1.29, 1.82) is 0 Å². The summed E-state index contributed by atoms with van der Waals surface area (Å²) in [6.45, 7) is 6.07. The van der Waals surface area contributed by atoms with Crippen molar-refractivity contribution in [2.45, 2.75) is 51.6 Å². The number of rotatable bonds is 6. The summed E-state index contributed by atoms with van der Waals surface area (Å²) in [5.74, 6) is 1.36. The minimum Gasteiger partial charge on any atom is -0.341 e. The van der Waals surface area contributed by atoms with Gasteiger partial charge in [-0.25, -0.2) is 0 Å². The third-order valence-electron chi connectivity index (χ3n) is 3.38. The molecule has 0 spiro atoms. The molecular weight excluding hydrogens is 232 g/mol. The average molecular weight is 258 g/mol. The van der Waals surface area contributed by atoms with Crippen LogP contribution in [0.1, 0.15) is 39.5 Å². The lowest BCUT2D eigenvalue weighted by Crippen LogP contribution is -2.50. The Balaban J connectivity index is 2.39. The van der Waals surface area contributed by atoms with Gasteiger partial charge in [0.2, 0.25) is 5.91 Å². The van der Waals surface area contributed by atoms with Crippen LogP contribution in [0.2, 0.25) is 0 Å². The van der Waals surface area contributed by atoms with E-state index in [1.807, 2.05) is 23.6 Å². The fraction of sp³-hybridized carbons (Fsp3) is 0.923. The van der Waals surface area contributed by atoms with Crippen molar-refractivity contribution < 1.29 is 4.79 Å². The molecule has 0 aromatic carbocycles. The van der Waals surface area contributed by atoms with Crippen LogP contribution in [0.4, 0.5) is 0 Å². The SMILES string of the molecule is CCC(CSC)NC(C)C(=O)N1CCCCC1. The molecule has 1 heterocycles. The van der Waals surface area contributed by atoms with Gasteiger partial charge in [0.15, 0.2) is 0 Å². The number of amides is 1. The van der Waals surface area contributed by atoms with Crippen LogP contribution in [0.5, 0.6) is 0 Å². The minimum atomic E-state index is -0.0369. The molecule has 1 aliphatic rings. The molecule has 2 unspecified atom stereocenters. The molecule has 1 fully saturated rings. The lowest BCUT2D eigenvalue weighted by atomic mass is 10.1. The summed E-state index contributed by atoms with van der Waals surface area (Å²) in [7, 11) is 0. The summed E-state index contributed by atoms with van der Waals surface area (Å²) in [5, 5.41) is 3.45. The molecule has 1 aliphatic heterocycles. The Kier molecular flexibility index (Phi) is 6.97. The molecular formula is C13H26N2OS. The second-order valence-electron chi connectivity index (χ2n) is 4.83. The van der Waals surface area contributed by atoms with Crippen LogP contribution in [0, 0.1) is 0 Å². The summed E-state index contributed by atoms with van der Waals surface area (Å²) in [5.41, 5.74) is 0. The Hall–Kier alpha value is -0.220. The maximum Gasteiger partial charge on any atom is 0.239 e. The zero-order valence-corrected chi connectivity index (χ0v) is 12.2. The van der Waals surface area contributed by atoms with Crippen molar-refractivity contribution >= 4 is 17.7 Å². The number of carbonyl (C=O) groups is 1. The van der Waals surface area contributed by atoms with E-state index in [4.69, 9.17) is 0 Å². The highest BCUT2D eigenvalue weighted by Crippen LogP contribution is 2.11. The highest BCUT2D eigenvalue weighted by molar-refractivity contribution is 7.98. The van der Waals surface area contributed by atoms with E-state index in [-0.39, 0.29) is 11.9 Å². The number of thioether (sulfide) groups is 1. The topological polar surface area (TPSA) is 32.3 Å². The zero-order chi connectivity index (χ0) is 12.7. The molecule has 100 valence electrons. The van der Waals surface area contributed by atoms with Gasteiger partial charge in [-0.15, -0.1) is 0 Å². The van der Waals surface area contributed by atoms with E-state index in [0.717, 1.165) is 25.3 Å². The van der Waals surface area contributed by atoms with Crippen molar-refractivity contribution in [3.05, 3.63) is 0 Å². The van der Waals surface area contributed by atoms with Crippen LogP contribution in [-0.2, 0) is 4.79 Å². The fourth-order valence-corrected chi connectivity index (χ4v) is 3.03. The monoisotopic (exact) mass is 258 g/mol. The van der Waals surface area contributed by atoms with E-state index in [1.54, 1.807) is 0 Å². The Morgan fingerprint density at radius 2 is 2.00 bits per heavy atom. The van der Waals surface area contributed by atoms with Crippen molar-refractivity contribution in [2.75, 3.05) is 25.1 Å². The Morgan fingerprint density at radius 1 is 1.35 bits per heavy atom. The van der Waals surface area contributed by atoms with Gasteiger partial charge in [0, 0.05) is 24.9 Å². The average Bonchev–Trinajstić information content (AvgIpc) is 2.38. The number of carbonyl (C=O) groups excluding carboxylic acids is 1. The van der Waals surface area contributed by atoms with Crippen molar-refractivity contribution in [2.24, 2.45) is 0 Å². The number of likely N-dealkylation sites (tertiary alicyclic amines) is 1. The van der Waals surface area contributed by atoms with Gasteiger partial charge < -0.3 is 10.2 Å². The first-order valence-corrected chi connectivity index (χ1v) is 8.12. The van der Waals surface area contributed by atoms with Gasteiger partial charge in [-0.1, -0.05) is 6.92 Å². The van der Waals surface area contributed by atoms with Crippen molar-refractivity contribution in [1.82, 2.24) is 10.2 Å². The van der Waals surface area contributed by atoms with E-state index in [0.29, 0.717) is 6.04 Å². The second kappa shape index (κ2) is 7.98. The molecule has 0 aromatic rings. The Morgan fingerprint density at radius 3 is 2.53 bits per heavy atom. The Bertz CT molecular complexity index is 229. The molecule has 3 nitrogen and oxygen atoms in total. The third-order valence-corrected chi connectivity index (χ3v) is 4.12. The summed E-state index contributed by atoms with van der Waals surface area (Å²) < 4.78 is 0. The molecule has 0 bridgehead atoms. The summed E-state index contributed by atoms with van der Waals surface area (Å²) in [6.07, 6.45) is 6.80. The molecule has 0 saturated carbocycles. The highest BCUT2D eigenvalue weighted by Gasteiger charge is 2.23. The van der Waals surface area contributed by atoms with E-state index >= 15 is 0 Å². The van der Waals surface area contributed by atoms with Crippen LogP contribution in [0.3, 0.4) is 0 Å². The van der Waals surface area contributed by atoms with Crippen LogP contribution in [0.15, 0.2) is 0 Å². The van der Waals surface area contributed by atoms with Crippen LogP contribution in [0.25, 0.3) is 0 Å². The van der Waals surface area contributed by atoms with Crippen molar-refractivity contribution in [3.63, 3.8) is 0 Å². The van der Waals surface area contributed by atoms with Crippen LogP contribution < -0.4 is 5.32 Å². The molecule has 17 heavy (non-hydrogen) atoms. The highest BCUT2D eigenvalue weighted by atomic mass is 32.2. The quantitative estimate of drug-likeness (QED) is 0.792. The molecule has 1 N–H and O–H groups in total. The maximum atomic E-state index is 12.2. The van der Waals surface area contributed by atoms with Gasteiger partial charge in [-0.05, 0) is 38.9 Å². The lowest BCUT2D eigenvalue weighted by Gasteiger charge is -2.31. The third kappa shape index (κ3) is 4.88. The summed E-state index contributed by atoms with van der Waals surface area (Å²) in [6, 6.07) is 0.416. The van der Waals surface area contributed by atoms with Crippen LogP contribution >= 0.6 is 11.8 Å². The number of nitrogens with one attached hydrogen (secondary N) is 1. The van der Waals surface area contributed by atoms with Gasteiger partial charge >= 0.3 is 0 Å². The molecule has 4 heteroatoms. The molecule has 1 amide bonds. The van der Waals surface area contributed by atoms with Crippen LogP contribution in [-0.4, -0.2) is 48.0 Å². The van der Waals surface area contributed by atoms with Gasteiger partial charge in [-0.3, -0.25) is 4.79 Å². The van der Waals surface area contributed by atoms with Gasteiger partial charge in [-0.2, -0.15) is 11.8 Å². The second-order valence-corrected chi connectivity index (χ2v) is 5.75. The predicted octanol–water partition coefficient (Wildman–Crippen LogP) is 2.12. The van der Waals surface area contributed by atoms with Crippen molar-refractivity contribution in [3.8, 4) is 0 Å². The fourth-order valence-electron chi connectivity index (χ4n) is 2.30. The number of hydrogen-bond acceptors (Lipinski definition) is 3.